The average Bonchev–Trinajstić information content (AvgIpc) is 3.33. The standard InChI is InChI=1S/C23H23N7O2.ClH/c1-3-29-20(31)12-24-22(29)26-16-7-5-14-9-15-6-8-17(11-19(15)28-18(14)10-16)27-23-25-13-21(32)30(23)4-2;/h5-11H,3-4,12-13H2,1-2H3,(H,24,26)(H,25,27);1H. The molecule has 170 valence electrons. The third-order valence-electron chi connectivity index (χ3n) is 5.60. The molecular weight excluding hydrogens is 442 g/mol. The van der Waals surface area contributed by atoms with E-state index in [-0.39, 0.29) is 37.3 Å². The Bertz CT molecular complexity index is 1220. The van der Waals surface area contributed by atoms with E-state index in [1.54, 1.807) is 9.80 Å². The van der Waals surface area contributed by atoms with Crippen LogP contribution in [0.4, 0.5) is 11.4 Å². The summed E-state index contributed by atoms with van der Waals surface area (Å²) < 4.78 is 0. The number of rotatable bonds is 4. The number of aromatic nitrogens is 1. The number of hydrogen-bond donors (Lipinski definition) is 2. The van der Waals surface area contributed by atoms with Crippen LogP contribution in [-0.4, -0.2) is 64.7 Å². The van der Waals surface area contributed by atoms with Gasteiger partial charge in [0.25, 0.3) is 11.8 Å². The summed E-state index contributed by atoms with van der Waals surface area (Å²) in [7, 11) is 0. The van der Waals surface area contributed by atoms with Gasteiger partial charge in [0.05, 0.1) is 11.0 Å². The number of nitrogens with zero attached hydrogens (tertiary/aromatic N) is 5. The molecular formula is C23H24ClN7O2. The van der Waals surface area contributed by atoms with Crippen LogP contribution in [-0.2, 0) is 9.59 Å². The first-order chi connectivity index (χ1) is 15.6. The SMILES string of the molecule is CCN1C(=O)CN=C1Nc1ccc2cc3ccc(NC4=NCC(=O)N4CC)cc3nc2c1.Cl. The average molecular weight is 466 g/mol. The van der Waals surface area contributed by atoms with Crippen molar-refractivity contribution in [3.8, 4) is 0 Å². The molecule has 0 radical (unpaired) electrons. The van der Waals surface area contributed by atoms with Crippen LogP contribution in [0.15, 0.2) is 52.4 Å². The van der Waals surface area contributed by atoms with Crippen molar-refractivity contribution in [2.75, 3.05) is 36.8 Å². The maximum atomic E-state index is 11.9. The van der Waals surface area contributed by atoms with E-state index in [2.05, 4.69) is 26.7 Å². The van der Waals surface area contributed by atoms with Gasteiger partial charge in [0, 0.05) is 35.2 Å². The summed E-state index contributed by atoms with van der Waals surface area (Å²) in [5.41, 5.74) is 3.30. The van der Waals surface area contributed by atoms with Crippen LogP contribution in [0.3, 0.4) is 0 Å². The van der Waals surface area contributed by atoms with Crippen molar-refractivity contribution < 1.29 is 9.59 Å². The van der Waals surface area contributed by atoms with E-state index in [1.165, 1.54) is 0 Å². The molecule has 0 aliphatic carbocycles. The molecule has 10 heteroatoms. The molecule has 0 unspecified atom stereocenters. The number of likely N-dealkylation sites (N-methyl/N-ethyl adjacent to an activating group) is 2. The Kier molecular flexibility index (Phi) is 6.15. The number of carbonyl (C=O) groups is 2. The Balaban J connectivity index is 0.00000259. The number of aliphatic imine (C=N–C) groups is 2. The predicted molar refractivity (Wildman–Crippen MR) is 133 cm³/mol. The van der Waals surface area contributed by atoms with Crippen molar-refractivity contribution in [3.05, 3.63) is 42.5 Å². The Labute approximate surface area is 197 Å². The van der Waals surface area contributed by atoms with E-state index in [0.717, 1.165) is 33.2 Å². The highest BCUT2D eigenvalue weighted by Crippen LogP contribution is 2.25. The number of benzene rings is 2. The summed E-state index contributed by atoms with van der Waals surface area (Å²) >= 11 is 0. The van der Waals surface area contributed by atoms with Crippen LogP contribution in [0.2, 0.25) is 0 Å². The van der Waals surface area contributed by atoms with E-state index >= 15 is 0 Å². The van der Waals surface area contributed by atoms with Crippen molar-refractivity contribution in [2.45, 2.75) is 13.8 Å². The van der Waals surface area contributed by atoms with Crippen LogP contribution in [0.25, 0.3) is 21.8 Å². The first-order valence-electron chi connectivity index (χ1n) is 10.6. The zero-order valence-corrected chi connectivity index (χ0v) is 19.1. The molecule has 2 amide bonds. The largest absolute Gasteiger partial charge is 0.326 e. The molecule has 33 heavy (non-hydrogen) atoms. The first kappa shape index (κ1) is 22.5. The van der Waals surface area contributed by atoms with E-state index in [0.29, 0.717) is 25.0 Å². The number of carbonyl (C=O) groups excluding carboxylic acids is 2. The second-order valence-corrected chi connectivity index (χ2v) is 7.61. The summed E-state index contributed by atoms with van der Waals surface area (Å²) in [5, 5.41) is 8.51. The van der Waals surface area contributed by atoms with Gasteiger partial charge in [-0.3, -0.25) is 19.4 Å². The lowest BCUT2D eigenvalue weighted by Gasteiger charge is -2.18. The van der Waals surface area contributed by atoms with Gasteiger partial charge >= 0.3 is 0 Å². The molecule has 3 aromatic rings. The molecule has 2 N–H and O–H groups in total. The lowest BCUT2D eigenvalue weighted by Crippen LogP contribution is -2.36. The van der Waals surface area contributed by atoms with Gasteiger partial charge in [0.1, 0.15) is 13.1 Å². The number of halogens is 1. The molecule has 9 nitrogen and oxygen atoms in total. The van der Waals surface area contributed by atoms with Crippen molar-refractivity contribution in [1.29, 1.82) is 0 Å². The van der Waals surface area contributed by atoms with Crippen LogP contribution in [0.1, 0.15) is 13.8 Å². The zero-order chi connectivity index (χ0) is 22.2. The molecule has 2 aromatic carbocycles. The minimum absolute atomic E-state index is 0. The van der Waals surface area contributed by atoms with Crippen molar-refractivity contribution in [2.24, 2.45) is 9.98 Å². The Morgan fingerprint density at radius 1 is 0.758 bits per heavy atom. The van der Waals surface area contributed by atoms with E-state index in [4.69, 9.17) is 4.98 Å². The summed E-state index contributed by atoms with van der Waals surface area (Å²) in [5.74, 6) is 1.12. The van der Waals surface area contributed by atoms with E-state index in [9.17, 15) is 9.59 Å². The molecule has 0 bridgehead atoms. The summed E-state index contributed by atoms with van der Waals surface area (Å²) in [6.07, 6.45) is 0. The smallest absolute Gasteiger partial charge is 0.251 e. The van der Waals surface area contributed by atoms with Crippen LogP contribution in [0, 0.1) is 0 Å². The molecule has 1 aromatic heterocycles. The number of hydrogen-bond acceptors (Lipinski definition) is 7. The second-order valence-electron chi connectivity index (χ2n) is 7.61. The zero-order valence-electron chi connectivity index (χ0n) is 18.3. The molecule has 3 heterocycles. The van der Waals surface area contributed by atoms with Crippen molar-refractivity contribution >= 4 is 69.3 Å². The fraction of sp³-hybridized carbons (Fsp3) is 0.261. The van der Waals surface area contributed by atoms with Gasteiger partial charge in [0.15, 0.2) is 0 Å². The lowest BCUT2D eigenvalue weighted by molar-refractivity contribution is -0.125. The van der Waals surface area contributed by atoms with Crippen molar-refractivity contribution in [1.82, 2.24) is 14.8 Å². The Morgan fingerprint density at radius 3 is 1.64 bits per heavy atom. The fourth-order valence-electron chi connectivity index (χ4n) is 3.97. The van der Waals surface area contributed by atoms with Gasteiger partial charge in [-0.15, -0.1) is 12.4 Å². The normalized spacial score (nSPS) is 15.7. The highest BCUT2D eigenvalue weighted by atomic mass is 35.5. The Morgan fingerprint density at radius 2 is 1.21 bits per heavy atom. The topological polar surface area (TPSA) is 102 Å². The number of pyridine rings is 1. The molecule has 0 fully saturated rings. The molecule has 0 saturated carbocycles. The number of nitrogens with one attached hydrogen (secondary N) is 2. The van der Waals surface area contributed by atoms with Gasteiger partial charge in [0.2, 0.25) is 11.9 Å². The molecule has 2 aliphatic heterocycles. The lowest BCUT2D eigenvalue weighted by atomic mass is 10.1. The van der Waals surface area contributed by atoms with Gasteiger partial charge < -0.3 is 10.6 Å². The van der Waals surface area contributed by atoms with Gasteiger partial charge in [-0.05, 0) is 44.2 Å². The van der Waals surface area contributed by atoms with E-state index in [1.807, 2.05) is 50.2 Å². The van der Waals surface area contributed by atoms with Crippen LogP contribution >= 0.6 is 12.4 Å². The van der Waals surface area contributed by atoms with Crippen molar-refractivity contribution in [3.63, 3.8) is 0 Å². The quantitative estimate of drug-likeness (QED) is 0.576. The minimum atomic E-state index is -0.00450. The van der Waals surface area contributed by atoms with Crippen LogP contribution in [0.5, 0.6) is 0 Å². The second kappa shape index (κ2) is 9.03. The number of fused-ring (bicyclic) bond motifs is 2. The minimum Gasteiger partial charge on any atom is -0.326 e. The maximum Gasteiger partial charge on any atom is 0.251 e. The summed E-state index contributed by atoms with van der Waals surface area (Å²) in [6, 6.07) is 13.9. The van der Waals surface area contributed by atoms with Gasteiger partial charge in [-0.25, -0.2) is 15.0 Å². The number of guanidine groups is 2. The highest BCUT2D eigenvalue weighted by Gasteiger charge is 2.24. The highest BCUT2D eigenvalue weighted by molar-refractivity contribution is 6.10. The molecule has 0 spiro atoms. The van der Waals surface area contributed by atoms with Crippen LogP contribution < -0.4 is 10.6 Å². The first-order valence-corrected chi connectivity index (χ1v) is 10.6. The maximum absolute atomic E-state index is 11.9. The van der Waals surface area contributed by atoms with Gasteiger partial charge in [-0.1, -0.05) is 12.1 Å². The summed E-state index contributed by atoms with van der Waals surface area (Å²) in [4.78, 5) is 40.5. The van der Waals surface area contributed by atoms with E-state index < -0.39 is 0 Å². The molecule has 0 atom stereocenters. The van der Waals surface area contributed by atoms with Gasteiger partial charge in [-0.2, -0.15) is 0 Å². The number of anilines is 2. The Hall–Kier alpha value is -3.72. The summed E-state index contributed by atoms with van der Waals surface area (Å²) in [6.45, 7) is 5.34. The molecule has 2 aliphatic rings. The predicted octanol–water partition coefficient (Wildman–Crippen LogP) is 3.07. The third-order valence-corrected chi connectivity index (χ3v) is 5.60. The monoisotopic (exact) mass is 465 g/mol. The third kappa shape index (κ3) is 4.19. The fourth-order valence-corrected chi connectivity index (χ4v) is 3.97. The number of amides is 2. The molecule has 0 saturated heterocycles. The molecule has 5 rings (SSSR count).